The Morgan fingerprint density at radius 1 is 1.67 bits per heavy atom. The molecule has 1 atom stereocenters. The lowest BCUT2D eigenvalue weighted by Crippen LogP contribution is -2.46. The summed E-state index contributed by atoms with van der Waals surface area (Å²) in [5.41, 5.74) is 0. The molecule has 1 N–H and O–H groups in total. The quantitative estimate of drug-likeness (QED) is 0.791. The van der Waals surface area contributed by atoms with Crippen molar-refractivity contribution in [2.75, 3.05) is 20.1 Å². The van der Waals surface area contributed by atoms with Crippen LogP contribution in [-0.4, -0.2) is 37.0 Å². The van der Waals surface area contributed by atoms with Crippen molar-refractivity contribution in [3.05, 3.63) is 24.2 Å². The predicted octanol–water partition coefficient (Wildman–Crippen LogP) is 1.10. The summed E-state index contributed by atoms with van der Waals surface area (Å²) in [5.74, 6) is 0.386. The summed E-state index contributed by atoms with van der Waals surface area (Å²) in [5, 5.41) is 3.29. The normalized spacial score (nSPS) is 21.3. The van der Waals surface area contributed by atoms with Gasteiger partial charge >= 0.3 is 0 Å². The highest BCUT2D eigenvalue weighted by atomic mass is 16.3. The molecule has 2 heterocycles. The topological polar surface area (TPSA) is 45.5 Å². The molecule has 1 aromatic heterocycles. The van der Waals surface area contributed by atoms with Crippen molar-refractivity contribution in [2.45, 2.75) is 18.9 Å². The van der Waals surface area contributed by atoms with Crippen LogP contribution in [0.5, 0.6) is 0 Å². The number of hydrogen-bond acceptors (Lipinski definition) is 3. The zero-order valence-corrected chi connectivity index (χ0v) is 8.90. The molecule has 1 amide bonds. The van der Waals surface area contributed by atoms with Gasteiger partial charge in [0.2, 0.25) is 0 Å². The molecule has 0 radical (unpaired) electrons. The SMILES string of the molecule is CN(C(=O)c1ccco1)C1CCCNC1. The number of rotatable bonds is 2. The minimum atomic E-state index is -0.0336. The van der Waals surface area contributed by atoms with Crippen LogP contribution in [0.4, 0.5) is 0 Å². The summed E-state index contributed by atoms with van der Waals surface area (Å²) in [6.45, 7) is 1.93. The molecule has 1 aliphatic rings. The van der Waals surface area contributed by atoms with Crippen LogP contribution in [0.3, 0.4) is 0 Å². The molecule has 4 nitrogen and oxygen atoms in total. The number of carbonyl (C=O) groups excluding carboxylic acids is 1. The number of amides is 1. The largest absolute Gasteiger partial charge is 0.459 e. The van der Waals surface area contributed by atoms with Crippen LogP contribution in [0.15, 0.2) is 22.8 Å². The van der Waals surface area contributed by atoms with E-state index < -0.39 is 0 Å². The monoisotopic (exact) mass is 208 g/mol. The van der Waals surface area contributed by atoms with E-state index in [1.54, 1.807) is 17.0 Å². The van der Waals surface area contributed by atoms with Crippen molar-refractivity contribution in [2.24, 2.45) is 0 Å². The van der Waals surface area contributed by atoms with E-state index in [9.17, 15) is 4.79 Å². The Morgan fingerprint density at radius 3 is 3.13 bits per heavy atom. The maximum atomic E-state index is 11.9. The highest BCUT2D eigenvalue weighted by Crippen LogP contribution is 2.12. The van der Waals surface area contributed by atoms with Crippen LogP contribution >= 0.6 is 0 Å². The van der Waals surface area contributed by atoms with Crippen LogP contribution in [0.25, 0.3) is 0 Å². The molecule has 15 heavy (non-hydrogen) atoms. The van der Waals surface area contributed by atoms with E-state index in [1.165, 1.54) is 6.26 Å². The van der Waals surface area contributed by atoms with E-state index in [1.807, 2.05) is 7.05 Å². The average molecular weight is 208 g/mol. The van der Waals surface area contributed by atoms with Crippen LogP contribution < -0.4 is 5.32 Å². The Balaban J connectivity index is 2.00. The lowest BCUT2D eigenvalue weighted by molar-refractivity contribution is 0.0676. The van der Waals surface area contributed by atoms with E-state index in [-0.39, 0.29) is 11.9 Å². The molecule has 82 valence electrons. The Kier molecular flexibility index (Phi) is 3.06. The maximum absolute atomic E-state index is 11.9. The van der Waals surface area contributed by atoms with Gasteiger partial charge in [0.25, 0.3) is 5.91 Å². The summed E-state index contributed by atoms with van der Waals surface area (Å²) in [6.07, 6.45) is 3.72. The van der Waals surface area contributed by atoms with E-state index in [0.717, 1.165) is 25.9 Å². The second-order valence-corrected chi connectivity index (χ2v) is 3.89. The lowest BCUT2D eigenvalue weighted by atomic mass is 10.1. The van der Waals surface area contributed by atoms with Crippen molar-refractivity contribution < 1.29 is 9.21 Å². The zero-order chi connectivity index (χ0) is 10.7. The fourth-order valence-electron chi connectivity index (χ4n) is 1.90. The second kappa shape index (κ2) is 4.49. The summed E-state index contributed by atoms with van der Waals surface area (Å²) >= 11 is 0. The molecule has 2 rings (SSSR count). The number of nitrogens with zero attached hydrogens (tertiary/aromatic N) is 1. The second-order valence-electron chi connectivity index (χ2n) is 3.89. The first-order chi connectivity index (χ1) is 7.29. The molecule has 1 saturated heterocycles. The molecule has 1 aliphatic heterocycles. The van der Waals surface area contributed by atoms with Crippen molar-refractivity contribution in [3.63, 3.8) is 0 Å². The van der Waals surface area contributed by atoms with E-state index in [2.05, 4.69) is 5.32 Å². The zero-order valence-electron chi connectivity index (χ0n) is 8.90. The van der Waals surface area contributed by atoms with Crippen molar-refractivity contribution in [1.82, 2.24) is 10.2 Å². The van der Waals surface area contributed by atoms with Gasteiger partial charge in [0.1, 0.15) is 0 Å². The predicted molar refractivity (Wildman–Crippen MR) is 56.7 cm³/mol. The summed E-state index contributed by atoms with van der Waals surface area (Å²) < 4.78 is 5.10. The Labute approximate surface area is 89.2 Å². The Morgan fingerprint density at radius 2 is 2.53 bits per heavy atom. The van der Waals surface area contributed by atoms with Crippen LogP contribution in [0.1, 0.15) is 23.4 Å². The molecule has 4 heteroatoms. The molecule has 1 fully saturated rings. The van der Waals surface area contributed by atoms with Gasteiger partial charge in [-0.1, -0.05) is 0 Å². The molecule has 0 aliphatic carbocycles. The molecular weight excluding hydrogens is 192 g/mol. The van der Waals surface area contributed by atoms with Gasteiger partial charge in [0.15, 0.2) is 5.76 Å². The molecule has 0 saturated carbocycles. The van der Waals surface area contributed by atoms with Crippen molar-refractivity contribution in [3.8, 4) is 0 Å². The Bertz CT molecular complexity index is 315. The number of likely N-dealkylation sites (N-methyl/N-ethyl adjacent to an activating group) is 1. The summed E-state index contributed by atoms with van der Waals surface area (Å²) in [4.78, 5) is 13.7. The average Bonchev–Trinajstić information content (AvgIpc) is 2.82. The summed E-state index contributed by atoms with van der Waals surface area (Å²) in [6, 6.07) is 3.73. The van der Waals surface area contributed by atoms with E-state index in [4.69, 9.17) is 4.42 Å². The van der Waals surface area contributed by atoms with E-state index >= 15 is 0 Å². The summed E-state index contributed by atoms with van der Waals surface area (Å²) in [7, 11) is 1.84. The first kappa shape index (κ1) is 10.2. The number of furan rings is 1. The minimum absolute atomic E-state index is 0.0336. The van der Waals surface area contributed by atoms with Crippen LogP contribution in [0.2, 0.25) is 0 Å². The highest BCUT2D eigenvalue weighted by Gasteiger charge is 2.23. The standard InChI is InChI=1S/C11H16N2O2/c1-13(9-4-2-6-12-8-9)11(14)10-5-3-7-15-10/h3,5,7,9,12H,2,4,6,8H2,1H3. The number of carbonyl (C=O) groups is 1. The van der Waals surface area contributed by atoms with Gasteiger partial charge in [0, 0.05) is 19.6 Å². The molecule has 0 spiro atoms. The van der Waals surface area contributed by atoms with Crippen LogP contribution in [0, 0.1) is 0 Å². The smallest absolute Gasteiger partial charge is 0.289 e. The fraction of sp³-hybridized carbons (Fsp3) is 0.545. The van der Waals surface area contributed by atoms with Crippen molar-refractivity contribution >= 4 is 5.91 Å². The molecule has 0 bridgehead atoms. The molecule has 1 aromatic rings. The fourth-order valence-corrected chi connectivity index (χ4v) is 1.90. The third kappa shape index (κ3) is 2.21. The third-order valence-electron chi connectivity index (χ3n) is 2.87. The van der Waals surface area contributed by atoms with Gasteiger partial charge in [0.05, 0.1) is 6.26 Å². The van der Waals surface area contributed by atoms with E-state index in [0.29, 0.717) is 5.76 Å². The van der Waals surface area contributed by atoms with Gasteiger partial charge in [-0.2, -0.15) is 0 Å². The van der Waals surface area contributed by atoms with Crippen molar-refractivity contribution in [1.29, 1.82) is 0 Å². The number of piperidine rings is 1. The number of nitrogens with one attached hydrogen (secondary N) is 1. The van der Waals surface area contributed by atoms with Crippen LogP contribution in [-0.2, 0) is 0 Å². The Hall–Kier alpha value is -1.29. The highest BCUT2D eigenvalue weighted by molar-refractivity contribution is 5.91. The molecule has 0 aromatic carbocycles. The van der Waals surface area contributed by atoms with Gasteiger partial charge < -0.3 is 14.6 Å². The minimum Gasteiger partial charge on any atom is -0.459 e. The first-order valence-corrected chi connectivity index (χ1v) is 5.30. The lowest BCUT2D eigenvalue weighted by Gasteiger charge is -2.31. The third-order valence-corrected chi connectivity index (χ3v) is 2.87. The maximum Gasteiger partial charge on any atom is 0.289 e. The number of hydrogen-bond donors (Lipinski definition) is 1. The van der Waals surface area contributed by atoms with Gasteiger partial charge in [-0.05, 0) is 31.5 Å². The van der Waals surface area contributed by atoms with Gasteiger partial charge in [-0.15, -0.1) is 0 Å². The van der Waals surface area contributed by atoms with Gasteiger partial charge in [-0.25, -0.2) is 0 Å². The van der Waals surface area contributed by atoms with Gasteiger partial charge in [-0.3, -0.25) is 4.79 Å². The molecule has 1 unspecified atom stereocenters. The molecular formula is C11H16N2O2. The first-order valence-electron chi connectivity index (χ1n) is 5.30.